The maximum Gasteiger partial charge on any atom is 0.274 e. The number of anilines is 1. The van der Waals surface area contributed by atoms with Crippen LogP contribution in [0.2, 0.25) is 5.02 Å². The van der Waals surface area contributed by atoms with E-state index in [0.29, 0.717) is 29.3 Å². The van der Waals surface area contributed by atoms with Crippen LogP contribution in [0.3, 0.4) is 0 Å². The molecule has 2 aromatic heterocycles. The van der Waals surface area contributed by atoms with E-state index in [1.54, 1.807) is 17.2 Å². The Labute approximate surface area is 160 Å². The van der Waals surface area contributed by atoms with Crippen LogP contribution in [0.4, 0.5) is 5.69 Å². The summed E-state index contributed by atoms with van der Waals surface area (Å²) in [6, 6.07) is 7.31. The third-order valence-corrected chi connectivity index (χ3v) is 5.00. The van der Waals surface area contributed by atoms with Gasteiger partial charge in [-0.15, -0.1) is 0 Å². The third-order valence-electron chi connectivity index (χ3n) is 4.81. The molecule has 0 saturated heterocycles. The summed E-state index contributed by atoms with van der Waals surface area (Å²) in [6.07, 6.45) is 3.81. The molecule has 2 amide bonds. The first kappa shape index (κ1) is 17.5. The lowest BCUT2D eigenvalue weighted by molar-refractivity contribution is -0.114. The zero-order valence-electron chi connectivity index (χ0n) is 14.9. The van der Waals surface area contributed by atoms with Crippen LogP contribution < -0.4 is 5.32 Å². The number of aromatic nitrogens is 3. The van der Waals surface area contributed by atoms with E-state index < -0.39 is 0 Å². The van der Waals surface area contributed by atoms with E-state index in [9.17, 15) is 9.59 Å². The highest BCUT2D eigenvalue weighted by atomic mass is 35.5. The van der Waals surface area contributed by atoms with Gasteiger partial charge in [-0.05, 0) is 30.5 Å². The number of amides is 2. The van der Waals surface area contributed by atoms with Gasteiger partial charge in [-0.25, -0.2) is 9.50 Å². The van der Waals surface area contributed by atoms with Gasteiger partial charge in [0.05, 0.1) is 17.3 Å². The van der Waals surface area contributed by atoms with E-state index in [1.807, 2.05) is 25.1 Å². The number of halogens is 1. The van der Waals surface area contributed by atoms with Gasteiger partial charge in [-0.3, -0.25) is 9.59 Å². The largest absolute Gasteiger partial charge is 0.330 e. The van der Waals surface area contributed by atoms with Gasteiger partial charge in [-0.1, -0.05) is 23.7 Å². The van der Waals surface area contributed by atoms with E-state index in [2.05, 4.69) is 15.4 Å². The topological polar surface area (TPSA) is 79.6 Å². The molecule has 0 saturated carbocycles. The van der Waals surface area contributed by atoms with Crippen molar-refractivity contribution in [2.75, 3.05) is 11.9 Å². The average Bonchev–Trinajstić information content (AvgIpc) is 3.05. The molecule has 7 nitrogen and oxygen atoms in total. The Hall–Kier alpha value is -2.93. The fraction of sp³-hybridized carbons (Fsp3) is 0.263. The lowest BCUT2D eigenvalue weighted by atomic mass is 9.91. The minimum atomic E-state index is -0.153. The van der Waals surface area contributed by atoms with Crippen molar-refractivity contribution in [1.29, 1.82) is 0 Å². The predicted octanol–water partition coefficient (Wildman–Crippen LogP) is 3.10. The second kappa shape index (κ2) is 6.66. The van der Waals surface area contributed by atoms with Crippen LogP contribution in [0, 0.1) is 0 Å². The number of carbonyl (C=O) groups is 2. The molecule has 0 spiro atoms. The molecular formula is C19H18ClN5O2. The summed E-state index contributed by atoms with van der Waals surface area (Å²) in [7, 11) is 0. The molecule has 4 rings (SSSR count). The summed E-state index contributed by atoms with van der Waals surface area (Å²) in [5.74, 6) is -0.259. The van der Waals surface area contributed by atoms with Gasteiger partial charge < -0.3 is 10.2 Å². The fourth-order valence-corrected chi connectivity index (χ4v) is 3.70. The van der Waals surface area contributed by atoms with Crippen LogP contribution in [0.25, 0.3) is 5.65 Å². The highest BCUT2D eigenvalue weighted by Gasteiger charge is 2.31. The van der Waals surface area contributed by atoms with Crippen LogP contribution in [0.15, 0.2) is 36.7 Å². The summed E-state index contributed by atoms with van der Waals surface area (Å²) in [5.41, 5.74) is 3.82. The van der Waals surface area contributed by atoms with E-state index >= 15 is 0 Å². The second-order valence-corrected chi connectivity index (χ2v) is 7.02. The number of fused-ring (bicyclic) bond motifs is 2. The minimum Gasteiger partial charge on any atom is -0.330 e. The molecule has 3 aromatic rings. The van der Waals surface area contributed by atoms with Gasteiger partial charge in [0, 0.05) is 31.4 Å². The molecule has 1 aliphatic heterocycles. The van der Waals surface area contributed by atoms with Crippen molar-refractivity contribution in [1.82, 2.24) is 19.5 Å². The highest BCUT2D eigenvalue weighted by molar-refractivity contribution is 6.30. The first-order valence-corrected chi connectivity index (χ1v) is 9.03. The molecule has 0 unspecified atom stereocenters. The Balaban J connectivity index is 1.65. The maximum atomic E-state index is 13.1. The number of carbonyl (C=O) groups excluding carboxylic acids is 2. The lowest BCUT2D eigenvalue weighted by Gasteiger charge is -2.35. The SMILES string of the molecule is CC(=O)Nc1cccc2c1CCN(C(=O)c1cc3ncc(Cl)cn3n1)[C@@H]2C. The Bertz CT molecular complexity index is 1060. The van der Waals surface area contributed by atoms with Gasteiger partial charge in [0.25, 0.3) is 5.91 Å². The zero-order valence-corrected chi connectivity index (χ0v) is 15.7. The first-order valence-electron chi connectivity index (χ1n) is 8.65. The van der Waals surface area contributed by atoms with E-state index in [-0.39, 0.29) is 17.9 Å². The van der Waals surface area contributed by atoms with Crippen molar-refractivity contribution in [3.05, 3.63) is 58.5 Å². The van der Waals surface area contributed by atoms with Crippen LogP contribution in [0.5, 0.6) is 0 Å². The molecule has 27 heavy (non-hydrogen) atoms. The Morgan fingerprint density at radius 1 is 1.33 bits per heavy atom. The predicted molar refractivity (Wildman–Crippen MR) is 102 cm³/mol. The number of nitrogens with zero attached hydrogens (tertiary/aromatic N) is 4. The summed E-state index contributed by atoms with van der Waals surface area (Å²) < 4.78 is 1.51. The molecule has 1 N–H and O–H groups in total. The normalized spacial score (nSPS) is 16.3. The third kappa shape index (κ3) is 3.14. The highest BCUT2D eigenvalue weighted by Crippen LogP contribution is 2.34. The van der Waals surface area contributed by atoms with Gasteiger partial charge in [0.1, 0.15) is 0 Å². The monoisotopic (exact) mass is 383 g/mol. The molecule has 8 heteroatoms. The van der Waals surface area contributed by atoms with Crippen molar-refractivity contribution in [3.63, 3.8) is 0 Å². The van der Waals surface area contributed by atoms with Gasteiger partial charge in [0.15, 0.2) is 11.3 Å². The van der Waals surface area contributed by atoms with E-state index in [4.69, 9.17) is 11.6 Å². The lowest BCUT2D eigenvalue weighted by Crippen LogP contribution is -2.39. The second-order valence-electron chi connectivity index (χ2n) is 6.58. The van der Waals surface area contributed by atoms with E-state index in [0.717, 1.165) is 16.8 Å². The van der Waals surface area contributed by atoms with Gasteiger partial charge in [0.2, 0.25) is 5.91 Å². The smallest absolute Gasteiger partial charge is 0.274 e. The minimum absolute atomic E-state index is 0.106. The Morgan fingerprint density at radius 2 is 2.15 bits per heavy atom. The molecule has 0 aliphatic carbocycles. The summed E-state index contributed by atoms with van der Waals surface area (Å²) >= 11 is 5.94. The number of hydrogen-bond donors (Lipinski definition) is 1. The molecule has 1 atom stereocenters. The van der Waals surface area contributed by atoms with Crippen LogP contribution in [0.1, 0.15) is 41.5 Å². The first-order chi connectivity index (χ1) is 12.9. The van der Waals surface area contributed by atoms with Crippen molar-refractivity contribution in [2.24, 2.45) is 0 Å². The molecule has 138 valence electrons. The number of benzene rings is 1. The summed E-state index contributed by atoms with van der Waals surface area (Å²) in [5, 5.41) is 7.64. The molecule has 1 aromatic carbocycles. The van der Waals surface area contributed by atoms with E-state index in [1.165, 1.54) is 17.6 Å². The van der Waals surface area contributed by atoms with Crippen LogP contribution in [-0.4, -0.2) is 37.9 Å². The van der Waals surface area contributed by atoms with Crippen LogP contribution in [-0.2, 0) is 11.2 Å². The Kier molecular flexibility index (Phi) is 4.31. The van der Waals surface area contributed by atoms with Crippen molar-refractivity contribution in [3.8, 4) is 0 Å². The van der Waals surface area contributed by atoms with Crippen molar-refractivity contribution in [2.45, 2.75) is 26.3 Å². The summed E-state index contributed by atoms with van der Waals surface area (Å²) in [6.45, 7) is 4.02. The molecule has 1 aliphatic rings. The fourth-order valence-electron chi connectivity index (χ4n) is 3.56. The Morgan fingerprint density at radius 3 is 2.93 bits per heavy atom. The quantitative estimate of drug-likeness (QED) is 0.737. The van der Waals surface area contributed by atoms with Gasteiger partial charge in [-0.2, -0.15) is 5.10 Å². The number of rotatable bonds is 2. The molecule has 0 fully saturated rings. The van der Waals surface area contributed by atoms with Crippen LogP contribution >= 0.6 is 11.6 Å². The molecule has 0 radical (unpaired) electrons. The molecule has 3 heterocycles. The van der Waals surface area contributed by atoms with Gasteiger partial charge >= 0.3 is 0 Å². The molecular weight excluding hydrogens is 366 g/mol. The van der Waals surface area contributed by atoms with Crippen molar-refractivity contribution >= 4 is 34.7 Å². The maximum absolute atomic E-state index is 13.1. The number of nitrogens with one attached hydrogen (secondary N) is 1. The standard InChI is InChI=1S/C19H18ClN5O2/c1-11-14-4-3-5-16(22-12(2)26)15(14)6-7-24(11)19(27)17-8-18-21-9-13(20)10-25(18)23-17/h3-5,8-11H,6-7H2,1-2H3,(H,22,26)/t11-/m1/s1. The average molecular weight is 384 g/mol. The molecule has 0 bridgehead atoms. The number of hydrogen-bond acceptors (Lipinski definition) is 4. The zero-order chi connectivity index (χ0) is 19.1. The summed E-state index contributed by atoms with van der Waals surface area (Å²) in [4.78, 5) is 30.5. The van der Waals surface area contributed by atoms with Crippen molar-refractivity contribution < 1.29 is 9.59 Å².